The molecule has 10 nitrogen and oxygen atoms in total. The highest BCUT2D eigenvalue weighted by molar-refractivity contribution is 5.93. The fourth-order valence-electron chi connectivity index (χ4n) is 2.91. The summed E-state index contributed by atoms with van der Waals surface area (Å²) in [6.07, 6.45) is -1.50. The minimum absolute atomic E-state index is 0.148. The van der Waals surface area contributed by atoms with E-state index >= 15 is 0 Å². The topological polar surface area (TPSA) is 115 Å². The van der Waals surface area contributed by atoms with E-state index in [1.165, 1.54) is 10.7 Å². The number of halogens is 1. The Bertz CT molecular complexity index is 1090. The Hall–Kier alpha value is -3.47. The normalized spacial score (nSPS) is 11.0. The van der Waals surface area contributed by atoms with E-state index in [4.69, 9.17) is 14.6 Å². The number of anilines is 3. The second kappa shape index (κ2) is 9.56. The molecule has 31 heavy (non-hydrogen) atoms. The summed E-state index contributed by atoms with van der Waals surface area (Å²) in [5.74, 6) is 0.278. The zero-order valence-electron chi connectivity index (χ0n) is 17.8. The van der Waals surface area contributed by atoms with Crippen molar-refractivity contribution < 1.29 is 23.8 Å². The lowest BCUT2D eigenvalue weighted by atomic mass is 10.2. The minimum Gasteiger partial charge on any atom is -0.449 e. The molecule has 2 heterocycles. The molecule has 0 saturated heterocycles. The summed E-state index contributed by atoms with van der Waals surface area (Å²) in [7, 11) is 1.81. The number of rotatable bonds is 9. The Kier molecular flexibility index (Phi) is 6.85. The van der Waals surface area contributed by atoms with E-state index in [9.17, 15) is 9.18 Å². The van der Waals surface area contributed by atoms with Gasteiger partial charge in [0.2, 0.25) is 5.95 Å². The Labute approximate surface area is 178 Å². The van der Waals surface area contributed by atoms with Crippen LogP contribution in [-0.2, 0) is 11.3 Å². The number of carboxylic acid groups (broad SMARTS) is 1. The van der Waals surface area contributed by atoms with Crippen molar-refractivity contribution in [3.63, 3.8) is 0 Å². The van der Waals surface area contributed by atoms with Gasteiger partial charge in [-0.3, -0.25) is 4.68 Å². The lowest BCUT2D eigenvalue weighted by molar-refractivity contribution is 0.134. The Morgan fingerprint density at radius 2 is 2.10 bits per heavy atom. The van der Waals surface area contributed by atoms with Crippen molar-refractivity contribution in [1.82, 2.24) is 19.7 Å². The van der Waals surface area contributed by atoms with Gasteiger partial charge in [0.05, 0.1) is 13.2 Å². The van der Waals surface area contributed by atoms with Crippen molar-refractivity contribution >= 4 is 34.6 Å². The van der Waals surface area contributed by atoms with Gasteiger partial charge in [0, 0.05) is 25.9 Å². The van der Waals surface area contributed by atoms with E-state index < -0.39 is 6.16 Å². The maximum atomic E-state index is 13.7. The SMILES string of the molecule is CCOCCn1nc(OC(=O)O)c2nc(N(C)CC)nc(Nc3ccc(F)c(C)c3)c21. The number of benzene rings is 1. The molecule has 0 radical (unpaired) electrons. The summed E-state index contributed by atoms with van der Waals surface area (Å²) >= 11 is 0. The van der Waals surface area contributed by atoms with Gasteiger partial charge >= 0.3 is 6.16 Å². The predicted octanol–water partition coefficient (Wildman–Crippen LogP) is 3.57. The number of fused-ring (bicyclic) bond motifs is 1. The quantitative estimate of drug-likeness (QED) is 0.387. The predicted molar refractivity (Wildman–Crippen MR) is 114 cm³/mol. The molecule has 0 fully saturated rings. The standard InChI is InChI=1S/C20H25FN6O4/c1-5-26(4)19-23-15-16(17(24-19)22-13-7-8-14(21)12(3)11-13)27(9-10-30-6-2)25-18(15)31-20(28)29/h7-8,11H,5-6,9-10H2,1-4H3,(H,28,29)(H,22,23,24). The number of aryl methyl sites for hydroxylation is 1. The number of nitrogens with one attached hydrogen (secondary N) is 1. The third-order valence-electron chi connectivity index (χ3n) is 4.62. The fraction of sp³-hybridized carbons (Fsp3) is 0.400. The van der Waals surface area contributed by atoms with Crippen molar-refractivity contribution in [2.75, 3.05) is 37.0 Å². The van der Waals surface area contributed by atoms with E-state index in [-0.39, 0.29) is 17.2 Å². The average molecular weight is 432 g/mol. The lowest BCUT2D eigenvalue weighted by Gasteiger charge is -2.17. The largest absolute Gasteiger partial charge is 0.512 e. The fourth-order valence-corrected chi connectivity index (χ4v) is 2.91. The average Bonchev–Trinajstić information content (AvgIpc) is 3.07. The van der Waals surface area contributed by atoms with Gasteiger partial charge < -0.3 is 24.8 Å². The molecule has 0 bridgehead atoms. The number of aromatic nitrogens is 4. The summed E-state index contributed by atoms with van der Waals surface area (Å²) in [4.78, 5) is 22.1. The van der Waals surface area contributed by atoms with E-state index in [0.717, 1.165) is 0 Å². The number of carbonyl (C=O) groups is 1. The molecule has 11 heteroatoms. The second-order valence-corrected chi connectivity index (χ2v) is 6.77. The van der Waals surface area contributed by atoms with Crippen LogP contribution >= 0.6 is 0 Å². The molecule has 2 N–H and O–H groups in total. The molecule has 0 atom stereocenters. The van der Waals surface area contributed by atoms with E-state index in [0.29, 0.717) is 54.8 Å². The van der Waals surface area contributed by atoms with Crippen LogP contribution in [0.5, 0.6) is 5.88 Å². The van der Waals surface area contributed by atoms with Gasteiger partial charge in [-0.25, -0.2) is 14.2 Å². The van der Waals surface area contributed by atoms with Gasteiger partial charge in [-0.2, -0.15) is 4.98 Å². The second-order valence-electron chi connectivity index (χ2n) is 6.77. The summed E-state index contributed by atoms with van der Waals surface area (Å²) in [6.45, 7) is 7.30. The Morgan fingerprint density at radius 3 is 2.74 bits per heavy atom. The number of hydrogen-bond acceptors (Lipinski definition) is 8. The molecule has 0 aliphatic carbocycles. The van der Waals surface area contributed by atoms with Crippen LogP contribution in [0.4, 0.5) is 26.6 Å². The van der Waals surface area contributed by atoms with Crippen molar-refractivity contribution in [3.8, 4) is 5.88 Å². The molecule has 3 rings (SSSR count). The molecule has 2 aromatic heterocycles. The smallest absolute Gasteiger partial charge is 0.449 e. The number of nitrogens with zero attached hydrogens (tertiary/aromatic N) is 5. The van der Waals surface area contributed by atoms with Crippen LogP contribution in [0.2, 0.25) is 0 Å². The van der Waals surface area contributed by atoms with E-state index in [1.807, 2.05) is 20.9 Å². The zero-order chi connectivity index (χ0) is 22.5. The van der Waals surface area contributed by atoms with Crippen molar-refractivity contribution in [1.29, 1.82) is 0 Å². The summed E-state index contributed by atoms with van der Waals surface area (Å²) in [5.41, 5.74) is 1.78. The molecule has 1 aromatic carbocycles. The van der Waals surface area contributed by atoms with Crippen LogP contribution < -0.4 is 15.0 Å². The highest BCUT2D eigenvalue weighted by Crippen LogP contribution is 2.32. The lowest BCUT2D eigenvalue weighted by Crippen LogP contribution is -2.19. The molecule has 166 valence electrons. The van der Waals surface area contributed by atoms with Crippen LogP contribution in [0.3, 0.4) is 0 Å². The highest BCUT2D eigenvalue weighted by atomic mass is 19.1. The van der Waals surface area contributed by atoms with Gasteiger partial charge in [0.1, 0.15) is 11.3 Å². The number of ether oxygens (including phenoxy) is 2. The number of hydrogen-bond donors (Lipinski definition) is 2. The first kappa shape index (κ1) is 22.2. The Morgan fingerprint density at radius 1 is 1.32 bits per heavy atom. The van der Waals surface area contributed by atoms with Crippen LogP contribution in [0.1, 0.15) is 19.4 Å². The summed E-state index contributed by atoms with van der Waals surface area (Å²) < 4.78 is 25.5. The third kappa shape index (κ3) is 5.00. The van der Waals surface area contributed by atoms with E-state index in [2.05, 4.69) is 20.4 Å². The molecule has 0 unspecified atom stereocenters. The molecule has 0 spiro atoms. The molecule has 0 aliphatic heterocycles. The molecule has 0 saturated carbocycles. The van der Waals surface area contributed by atoms with Crippen molar-refractivity contribution in [2.45, 2.75) is 27.3 Å². The van der Waals surface area contributed by atoms with Gasteiger partial charge in [-0.15, -0.1) is 5.10 Å². The van der Waals surface area contributed by atoms with Crippen LogP contribution in [-0.4, -0.2) is 57.8 Å². The molecule has 0 aliphatic rings. The minimum atomic E-state index is -1.50. The monoisotopic (exact) mass is 432 g/mol. The van der Waals surface area contributed by atoms with E-state index in [1.54, 1.807) is 24.0 Å². The first-order valence-corrected chi connectivity index (χ1v) is 9.85. The first-order valence-electron chi connectivity index (χ1n) is 9.85. The molecule has 0 amide bonds. The third-order valence-corrected chi connectivity index (χ3v) is 4.62. The highest BCUT2D eigenvalue weighted by Gasteiger charge is 2.23. The molecular formula is C20H25FN6O4. The van der Waals surface area contributed by atoms with Gasteiger partial charge in [0.25, 0.3) is 5.88 Å². The first-order chi connectivity index (χ1) is 14.8. The maximum absolute atomic E-state index is 13.7. The summed E-state index contributed by atoms with van der Waals surface area (Å²) in [5, 5.41) is 16.6. The van der Waals surface area contributed by atoms with Crippen LogP contribution in [0.15, 0.2) is 18.2 Å². The molecule has 3 aromatic rings. The van der Waals surface area contributed by atoms with Crippen LogP contribution in [0.25, 0.3) is 11.0 Å². The summed E-state index contributed by atoms with van der Waals surface area (Å²) in [6, 6.07) is 4.61. The van der Waals surface area contributed by atoms with Gasteiger partial charge in [0.15, 0.2) is 11.3 Å². The molecular weight excluding hydrogens is 407 g/mol. The van der Waals surface area contributed by atoms with Crippen molar-refractivity contribution in [2.24, 2.45) is 0 Å². The van der Waals surface area contributed by atoms with Gasteiger partial charge in [-0.1, -0.05) is 0 Å². The maximum Gasteiger partial charge on any atom is 0.512 e. The Balaban J connectivity index is 2.18. The van der Waals surface area contributed by atoms with Crippen LogP contribution in [0, 0.1) is 12.7 Å². The van der Waals surface area contributed by atoms with Crippen molar-refractivity contribution in [3.05, 3.63) is 29.6 Å². The van der Waals surface area contributed by atoms with Gasteiger partial charge in [-0.05, 0) is 44.5 Å². The zero-order valence-corrected chi connectivity index (χ0v) is 17.8.